The Morgan fingerprint density at radius 2 is 1.32 bits per heavy atom. The van der Waals surface area contributed by atoms with E-state index in [1.807, 2.05) is 54.6 Å². The van der Waals surface area contributed by atoms with Crippen molar-refractivity contribution >= 4 is 17.7 Å². The van der Waals surface area contributed by atoms with Crippen LogP contribution in [0.25, 0.3) is 11.1 Å². The molecule has 2 aliphatic rings. The molecule has 6 nitrogen and oxygen atoms in total. The van der Waals surface area contributed by atoms with Crippen molar-refractivity contribution in [3.05, 3.63) is 95.6 Å². The van der Waals surface area contributed by atoms with E-state index in [0.717, 1.165) is 29.5 Å². The van der Waals surface area contributed by atoms with Gasteiger partial charge in [-0.05, 0) is 69.4 Å². The van der Waals surface area contributed by atoms with E-state index in [1.165, 1.54) is 4.90 Å². The van der Waals surface area contributed by atoms with Gasteiger partial charge in [0.15, 0.2) is 0 Å². The average Bonchev–Trinajstić information content (AvgIpc) is 3.10. The lowest BCUT2D eigenvalue weighted by molar-refractivity contribution is -0.124. The zero-order valence-electron chi connectivity index (χ0n) is 22.5. The molecule has 1 atom stereocenters. The Morgan fingerprint density at radius 1 is 0.816 bits per heavy atom. The topological polar surface area (TPSA) is 78.5 Å². The summed E-state index contributed by atoms with van der Waals surface area (Å²) in [7, 11) is 0. The highest BCUT2D eigenvalue weighted by Gasteiger charge is 2.41. The van der Waals surface area contributed by atoms with Crippen molar-refractivity contribution in [3.8, 4) is 11.1 Å². The maximum atomic E-state index is 13.9. The van der Waals surface area contributed by atoms with Gasteiger partial charge in [-0.3, -0.25) is 19.3 Å². The monoisotopic (exact) mass is 509 g/mol. The number of nitrogens with one attached hydrogen (secondary N) is 2. The summed E-state index contributed by atoms with van der Waals surface area (Å²) in [5.41, 5.74) is 3.40. The summed E-state index contributed by atoms with van der Waals surface area (Å²) in [6, 6.07) is 24.7. The van der Waals surface area contributed by atoms with Gasteiger partial charge in [-0.2, -0.15) is 0 Å². The standard InChI is InChI=1S/C32H35N3O3/c1-31(2)18-24(19-32(3,4)34-31)33-28(36)27(20-35-29(37)25-12-8-9-13-26(25)30(35)38)23-16-14-22(15-17-23)21-10-6-5-7-11-21/h5-17,24,27,34H,18-20H2,1-4H3,(H,33,36)/t27-/m0/s1. The molecule has 1 fully saturated rings. The maximum absolute atomic E-state index is 13.9. The molecule has 0 unspecified atom stereocenters. The van der Waals surface area contributed by atoms with E-state index < -0.39 is 5.92 Å². The highest BCUT2D eigenvalue weighted by Crippen LogP contribution is 2.31. The molecule has 0 radical (unpaired) electrons. The van der Waals surface area contributed by atoms with Crippen molar-refractivity contribution < 1.29 is 14.4 Å². The van der Waals surface area contributed by atoms with Gasteiger partial charge in [0.25, 0.3) is 11.8 Å². The molecular formula is C32H35N3O3. The summed E-state index contributed by atoms with van der Waals surface area (Å²) in [5.74, 6) is -1.57. The molecule has 6 heteroatoms. The Hall–Kier alpha value is -3.77. The lowest BCUT2D eigenvalue weighted by Crippen LogP contribution is -2.62. The molecule has 0 aliphatic carbocycles. The van der Waals surface area contributed by atoms with Gasteiger partial charge in [0.2, 0.25) is 5.91 Å². The quantitative estimate of drug-likeness (QED) is 0.450. The number of nitrogens with zero attached hydrogens (tertiary/aromatic N) is 1. The number of benzene rings is 3. The number of amides is 3. The molecule has 0 saturated carbocycles. The summed E-state index contributed by atoms with van der Waals surface area (Å²) < 4.78 is 0. The number of carbonyl (C=O) groups is 3. The molecule has 0 spiro atoms. The van der Waals surface area contributed by atoms with Crippen molar-refractivity contribution in [1.82, 2.24) is 15.5 Å². The fourth-order valence-electron chi connectivity index (χ4n) is 6.19. The highest BCUT2D eigenvalue weighted by atomic mass is 16.2. The second-order valence-corrected chi connectivity index (χ2v) is 11.8. The molecule has 3 amide bonds. The zero-order chi connectivity index (χ0) is 27.1. The van der Waals surface area contributed by atoms with Gasteiger partial charge in [-0.25, -0.2) is 0 Å². The summed E-state index contributed by atoms with van der Waals surface area (Å²) in [6.07, 6.45) is 1.57. The number of fused-ring (bicyclic) bond motifs is 1. The van der Waals surface area contributed by atoms with Crippen molar-refractivity contribution in [2.45, 2.75) is 63.6 Å². The van der Waals surface area contributed by atoms with Gasteiger partial charge in [0.05, 0.1) is 17.0 Å². The highest BCUT2D eigenvalue weighted by molar-refractivity contribution is 6.21. The molecule has 5 rings (SSSR count). The van der Waals surface area contributed by atoms with E-state index in [9.17, 15) is 14.4 Å². The summed E-state index contributed by atoms with van der Waals surface area (Å²) in [6.45, 7) is 8.56. The van der Waals surface area contributed by atoms with Gasteiger partial charge in [0.1, 0.15) is 0 Å². The van der Waals surface area contributed by atoms with Crippen LogP contribution in [0.3, 0.4) is 0 Å². The first kappa shape index (κ1) is 25.9. The first-order valence-electron chi connectivity index (χ1n) is 13.2. The number of hydrogen-bond donors (Lipinski definition) is 2. The third-order valence-corrected chi connectivity index (χ3v) is 7.52. The summed E-state index contributed by atoms with van der Waals surface area (Å²) >= 11 is 0. The van der Waals surface area contributed by atoms with Crippen LogP contribution in [0.15, 0.2) is 78.9 Å². The van der Waals surface area contributed by atoms with Gasteiger partial charge in [-0.1, -0.05) is 66.7 Å². The van der Waals surface area contributed by atoms with Crippen molar-refractivity contribution in [3.63, 3.8) is 0 Å². The SMILES string of the molecule is CC1(C)CC(NC(=O)[C@@H](CN2C(=O)c3ccccc3C2=O)c2ccc(-c3ccccc3)cc2)CC(C)(C)N1. The zero-order valence-corrected chi connectivity index (χ0v) is 22.5. The van der Waals surface area contributed by atoms with Crippen molar-refractivity contribution in [2.24, 2.45) is 0 Å². The third kappa shape index (κ3) is 5.27. The summed E-state index contributed by atoms with van der Waals surface area (Å²) in [5, 5.41) is 6.92. The third-order valence-electron chi connectivity index (χ3n) is 7.52. The van der Waals surface area contributed by atoms with E-state index in [4.69, 9.17) is 0 Å². The number of carbonyl (C=O) groups excluding carboxylic acids is 3. The molecule has 2 N–H and O–H groups in total. The molecule has 1 saturated heterocycles. The molecule has 196 valence electrons. The minimum Gasteiger partial charge on any atom is -0.353 e. The smallest absolute Gasteiger partial charge is 0.261 e. The van der Waals surface area contributed by atoms with Crippen LogP contribution < -0.4 is 10.6 Å². The van der Waals surface area contributed by atoms with Gasteiger partial charge >= 0.3 is 0 Å². The molecule has 0 bridgehead atoms. The first-order valence-corrected chi connectivity index (χ1v) is 13.2. The molecule has 2 heterocycles. The minimum absolute atomic E-state index is 0.0133. The van der Waals surface area contributed by atoms with Crippen LogP contribution in [0.5, 0.6) is 0 Å². The molecule has 3 aromatic rings. The molecule has 0 aromatic heterocycles. The van der Waals surface area contributed by atoms with Gasteiger partial charge in [0, 0.05) is 23.7 Å². The number of piperidine rings is 1. The largest absolute Gasteiger partial charge is 0.353 e. The van der Waals surface area contributed by atoms with Crippen LogP contribution in [-0.4, -0.2) is 46.3 Å². The van der Waals surface area contributed by atoms with E-state index in [1.54, 1.807) is 24.3 Å². The van der Waals surface area contributed by atoms with Crippen LogP contribution in [0, 0.1) is 0 Å². The number of hydrogen-bond acceptors (Lipinski definition) is 4. The van der Waals surface area contributed by atoms with Crippen molar-refractivity contribution in [1.29, 1.82) is 0 Å². The molecule has 38 heavy (non-hydrogen) atoms. The van der Waals surface area contributed by atoms with Crippen LogP contribution in [0.2, 0.25) is 0 Å². The Kier molecular flexibility index (Phi) is 6.70. The Bertz CT molecular complexity index is 1310. The summed E-state index contributed by atoms with van der Waals surface area (Å²) in [4.78, 5) is 41.4. The van der Waals surface area contributed by atoms with E-state index in [2.05, 4.69) is 38.3 Å². The van der Waals surface area contributed by atoms with Gasteiger partial charge in [-0.15, -0.1) is 0 Å². The Balaban J connectivity index is 1.44. The second-order valence-electron chi connectivity index (χ2n) is 11.8. The van der Waals surface area contributed by atoms with E-state index >= 15 is 0 Å². The van der Waals surface area contributed by atoms with Crippen LogP contribution in [0.4, 0.5) is 0 Å². The number of rotatable bonds is 6. The van der Waals surface area contributed by atoms with E-state index in [-0.39, 0.29) is 41.4 Å². The molecule has 3 aromatic carbocycles. The lowest BCUT2D eigenvalue weighted by atomic mass is 9.79. The minimum atomic E-state index is -0.692. The Labute approximate surface area is 224 Å². The normalized spacial score (nSPS) is 19.2. The molecular weight excluding hydrogens is 474 g/mol. The first-order chi connectivity index (χ1) is 18.0. The Morgan fingerprint density at radius 3 is 1.87 bits per heavy atom. The van der Waals surface area contributed by atoms with E-state index in [0.29, 0.717) is 11.1 Å². The predicted molar refractivity (Wildman–Crippen MR) is 149 cm³/mol. The van der Waals surface area contributed by atoms with Crippen LogP contribution in [-0.2, 0) is 4.79 Å². The average molecular weight is 510 g/mol. The van der Waals surface area contributed by atoms with Crippen molar-refractivity contribution in [2.75, 3.05) is 6.54 Å². The second kappa shape index (κ2) is 9.84. The fourth-order valence-corrected chi connectivity index (χ4v) is 6.19. The number of imide groups is 1. The maximum Gasteiger partial charge on any atom is 0.261 e. The predicted octanol–water partition coefficient (Wildman–Crippen LogP) is 5.16. The van der Waals surface area contributed by atoms with Crippen LogP contribution in [0.1, 0.15) is 72.7 Å². The van der Waals surface area contributed by atoms with Gasteiger partial charge < -0.3 is 10.6 Å². The lowest BCUT2D eigenvalue weighted by Gasteiger charge is -2.46. The fraction of sp³-hybridized carbons (Fsp3) is 0.344. The van der Waals surface area contributed by atoms with Crippen LogP contribution >= 0.6 is 0 Å². The molecule has 2 aliphatic heterocycles.